The lowest BCUT2D eigenvalue weighted by Gasteiger charge is -2.11. The van der Waals surface area contributed by atoms with Crippen LogP contribution in [0.5, 0.6) is 0 Å². The van der Waals surface area contributed by atoms with Crippen LogP contribution in [0.4, 0.5) is 5.69 Å². The lowest BCUT2D eigenvalue weighted by molar-refractivity contribution is 0.491. The number of hydrogen-bond acceptors (Lipinski definition) is 3. The van der Waals surface area contributed by atoms with E-state index in [0.29, 0.717) is 6.04 Å². The first-order valence-electron chi connectivity index (χ1n) is 6.08. The topological polar surface area (TPSA) is 43.8 Å². The third-order valence-corrected chi connectivity index (χ3v) is 3.87. The van der Waals surface area contributed by atoms with Crippen LogP contribution in [0.15, 0.2) is 34.2 Å². The molecule has 0 radical (unpaired) electrons. The molecule has 0 aliphatic carbocycles. The third kappa shape index (κ3) is 2.53. The van der Waals surface area contributed by atoms with Crippen LogP contribution in [0.3, 0.4) is 0 Å². The average Bonchev–Trinajstić information content (AvgIpc) is 2.57. The molecule has 2 aromatic rings. The summed E-state index contributed by atoms with van der Waals surface area (Å²) in [5.74, 6) is 0. The smallest absolute Gasteiger partial charge is 0.122 e. The number of aromatic nitrogens is 2. The van der Waals surface area contributed by atoms with E-state index in [1.807, 2.05) is 11.6 Å². The SMILES string of the molecule is Cc1cccc(Sc2c(N)c(C)nn2C(C)C)c1. The number of nitrogen functional groups attached to an aromatic ring is 1. The maximum Gasteiger partial charge on any atom is 0.122 e. The quantitative estimate of drug-likeness (QED) is 0.913. The summed E-state index contributed by atoms with van der Waals surface area (Å²) in [5, 5.41) is 5.53. The minimum atomic E-state index is 0.313. The minimum Gasteiger partial charge on any atom is -0.395 e. The molecule has 3 nitrogen and oxygen atoms in total. The van der Waals surface area contributed by atoms with E-state index >= 15 is 0 Å². The number of nitrogens with zero attached hydrogens (tertiary/aromatic N) is 2. The number of rotatable bonds is 3. The second kappa shape index (κ2) is 5.06. The first kappa shape index (κ1) is 13.0. The van der Waals surface area contributed by atoms with Crippen molar-refractivity contribution in [1.29, 1.82) is 0 Å². The molecule has 96 valence electrons. The summed E-state index contributed by atoms with van der Waals surface area (Å²) >= 11 is 1.68. The second-order valence-corrected chi connectivity index (χ2v) is 5.82. The Morgan fingerprint density at radius 1 is 1.28 bits per heavy atom. The van der Waals surface area contributed by atoms with Gasteiger partial charge in [-0.2, -0.15) is 5.10 Å². The summed E-state index contributed by atoms with van der Waals surface area (Å²) < 4.78 is 2.00. The molecule has 0 saturated heterocycles. The van der Waals surface area contributed by atoms with Crippen molar-refractivity contribution < 1.29 is 0 Å². The highest BCUT2D eigenvalue weighted by molar-refractivity contribution is 7.99. The highest BCUT2D eigenvalue weighted by atomic mass is 32.2. The molecular formula is C14H19N3S. The van der Waals surface area contributed by atoms with Crippen LogP contribution < -0.4 is 5.73 Å². The average molecular weight is 261 g/mol. The molecule has 0 atom stereocenters. The molecule has 0 saturated carbocycles. The number of hydrogen-bond donors (Lipinski definition) is 1. The fourth-order valence-corrected chi connectivity index (χ4v) is 3.00. The van der Waals surface area contributed by atoms with E-state index in [-0.39, 0.29) is 0 Å². The zero-order chi connectivity index (χ0) is 13.3. The Balaban J connectivity index is 2.39. The van der Waals surface area contributed by atoms with Gasteiger partial charge in [-0.3, -0.25) is 4.68 Å². The zero-order valence-corrected chi connectivity index (χ0v) is 12.1. The Hall–Kier alpha value is -1.42. The van der Waals surface area contributed by atoms with Crippen LogP contribution in [0.25, 0.3) is 0 Å². The van der Waals surface area contributed by atoms with Gasteiger partial charge >= 0.3 is 0 Å². The van der Waals surface area contributed by atoms with Gasteiger partial charge in [-0.05, 0) is 39.8 Å². The van der Waals surface area contributed by atoms with Gasteiger partial charge in [0.05, 0.1) is 11.4 Å². The number of benzene rings is 1. The Bertz CT molecular complexity index is 558. The van der Waals surface area contributed by atoms with Crippen molar-refractivity contribution in [2.45, 2.75) is 43.7 Å². The van der Waals surface area contributed by atoms with Gasteiger partial charge in [0.1, 0.15) is 5.03 Å². The van der Waals surface area contributed by atoms with Crippen molar-refractivity contribution in [3.63, 3.8) is 0 Å². The van der Waals surface area contributed by atoms with Gasteiger partial charge in [0.15, 0.2) is 0 Å². The van der Waals surface area contributed by atoms with Crippen molar-refractivity contribution in [2.24, 2.45) is 0 Å². The van der Waals surface area contributed by atoms with Crippen molar-refractivity contribution in [3.05, 3.63) is 35.5 Å². The van der Waals surface area contributed by atoms with Gasteiger partial charge in [0.25, 0.3) is 0 Å². The monoisotopic (exact) mass is 261 g/mol. The Kier molecular flexibility index (Phi) is 3.66. The van der Waals surface area contributed by atoms with Crippen LogP contribution in [-0.2, 0) is 0 Å². The fourth-order valence-electron chi connectivity index (χ4n) is 1.78. The van der Waals surface area contributed by atoms with Gasteiger partial charge in [-0.25, -0.2) is 0 Å². The molecule has 0 spiro atoms. The molecule has 4 heteroatoms. The van der Waals surface area contributed by atoms with Crippen LogP contribution in [0, 0.1) is 13.8 Å². The maximum atomic E-state index is 6.12. The van der Waals surface area contributed by atoms with E-state index in [4.69, 9.17) is 5.73 Å². The van der Waals surface area contributed by atoms with Gasteiger partial charge in [-0.15, -0.1) is 0 Å². The summed E-state index contributed by atoms with van der Waals surface area (Å²) in [6, 6.07) is 8.74. The number of nitrogens with two attached hydrogens (primary N) is 1. The predicted molar refractivity (Wildman–Crippen MR) is 77.1 cm³/mol. The lowest BCUT2D eigenvalue weighted by Crippen LogP contribution is -2.04. The number of aryl methyl sites for hydroxylation is 2. The molecule has 1 heterocycles. The normalized spacial score (nSPS) is 11.2. The predicted octanol–water partition coefficient (Wildman–Crippen LogP) is 3.81. The second-order valence-electron chi connectivity index (χ2n) is 4.76. The van der Waals surface area contributed by atoms with E-state index in [2.05, 4.69) is 50.1 Å². The van der Waals surface area contributed by atoms with E-state index < -0.39 is 0 Å². The van der Waals surface area contributed by atoms with Crippen LogP contribution in [-0.4, -0.2) is 9.78 Å². The molecule has 18 heavy (non-hydrogen) atoms. The third-order valence-electron chi connectivity index (χ3n) is 2.78. The summed E-state index contributed by atoms with van der Waals surface area (Å²) in [5.41, 5.74) is 9.07. The Morgan fingerprint density at radius 2 is 2.00 bits per heavy atom. The van der Waals surface area contributed by atoms with Crippen LogP contribution in [0.1, 0.15) is 31.1 Å². The molecule has 0 aliphatic heterocycles. The molecule has 0 bridgehead atoms. The van der Waals surface area contributed by atoms with E-state index in [9.17, 15) is 0 Å². The van der Waals surface area contributed by atoms with Gasteiger partial charge in [0, 0.05) is 10.9 Å². The Morgan fingerprint density at radius 3 is 2.61 bits per heavy atom. The summed E-state index contributed by atoms with van der Waals surface area (Å²) in [6.07, 6.45) is 0. The van der Waals surface area contributed by atoms with Gasteiger partial charge in [0.2, 0.25) is 0 Å². The molecule has 2 N–H and O–H groups in total. The Labute approximate surface area is 112 Å². The van der Waals surface area contributed by atoms with E-state index in [1.54, 1.807) is 11.8 Å². The van der Waals surface area contributed by atoms with E-state index in [1.165, 1.54) is 10.5 Å². The molecular weight excluding hydrogens is 242 g/mol. The molecule has 1 aromatic carbocycles. The molecule has 0 fully saturated rings. The molecule has 0 amide bonds. The van der Waals surface area contributed by atoms with Crippen molar-refractivity contribution >= 4 is 17.4 Å². The molecule has 2 rings (SSSR count). The summed E-state index contributed by atoms with van der Waals surface area (Å²) in [4.78, 5) is 1.20. The largest absolute Gasteiger partial charge is 0.395 e. The standard InChI is InChI=1S/C14H19N3S/c1-9(2)17-14(13(15)11(4)16-17)18-12-7-5-6-10(3)8-12/h5-9H,15H2,1-4H3. The fraction of sp³-hybridized carbons (Fsp3) is 0.357. The van der Waals surface area contributed by atoms with Gasteiger partial charge < -0.3 is 5.73 Å². The van der Waals surface area contributed by atoms with Crippen molar-refractivity contribution in [1.82, 2.24) is 9.78 Å². The molecule has 0 unspecified atom stereocenters. The minimum absolute atomic E-state index is 0.313. The first-order chi connectivity index (χ1) is 8.49. The lowest BCUT2D eigenvalue weighted by atomic mass is 10.2. The van der Waals surface area contributed by atoms with Gasteiger partial charge in [-0.1, -0.05) is 29.5 Å². The maximum absolute atomic E-state index is 6.12. The zero-order valence-electron chi connectivity index (χ0n) is 11.3. The van der Waals surface area contributed by atoms with Crippen LogP contribution >= 0.6 is 11.8 Å². The molecule has 0 aliphatic rings. The summed E-state index contributed by atoms with van der Waals surface area (Å²) in [6.45, 7) is 8.28. The first-order valence-corrected chi connectivity index (χ1v) is 6.89. The van der Waals surface area contributed by atoms with Crippen molar-refractivity contribution in [2.75, 3.05) is 5.73 Å². The highest BCUT2D eigenvalue weighted by Gasteiger charge is 2.15. The number of anilines is 1. The van der Waals surface area contributed by atoms with Crippen LogP contribution in [0.2, 0.25) is 0 Å². The molecule has 1 aromatic heterocycles. The van der Waals surface area contributed by atoms with Crippen molar-refractivity contribution in [3.8, 4) is 0 Å². The highest BCUT2D eigenvalue weighted by Crippen LogP contribution is 2.35. The summed E-state index contributed by atoms with van der Waals surface area (Å²) in [7, 11) is 0. The van der Waals surface area contributed by atoms with E-state index in [0.717, 1.165) is 16.4 Å².